The second-order valence-electron chi connectivity index (χ2n) is 6.85. The molecular weight excluding hydrogens is 436 g/mol. The van der Waals surface area contributed by atoms with Crippen molar-refractivity contribution in [1.29, 1.82) is 0 Å². The zero-order valence-corrected chi connectivity index (χ0v) is 18.9. The molecule has 2 atom stereocenters. The second kappa shape index (κ2) is 17.0. The number of carboxylic acid groups (broad SMARTS) is 3. The predicted molar refractivity (Wildman–Crippen MR) is 120 cm³/mol. The zero-order valence-electron chi connectivity index (χ0n) is 18.9. The predicted octanol–water partition coefficient (Wildman–Crippen LogP) is 1.79. The van der Waals surface area contributed by atoms with Gasteiger partial charge in [-0.25, -0.2) is 19.2 Å². The molecule has 33 heavy (non-hydrogen) atoms. The maximum absolute atomic E-state index is 11.9. The van der Waals surface area contributed by atoms with Crippen LogP contribution in [-0.4, -0.2) is 63.9 Å². The molecular formula is C21H34N4O8. The largest absolute Gasteiger partial charge is 0.481 e. The lowest BCUT2D eigenvalue weighted by molar-refractivity contribution is -0.140. The fraction of sp³-hybridized carbons (Fsp3) is 0.571. The number of carboxylic acids is 3. The van der Waals surface area contributed by atoms with E-state index in [9.17, 15) is 29.1 Å². The van der Waals surface area contributed by atoms with Crippen LogP contribution < -0.4 is 21.3 Å². The number of amides is 4. The number of aliphatic carboxylic acids is 3. The molecule has 186 valence electrons. The van der Waals surface area contributed by atoms with Crippen molar-refractivity contribution >= 4 is 30.0 Å². The lowest BCUT2D eigenvalue weighted by atomic mass is 10.1. The molecule has 0 aromatic carbocycles. The normalized spacial score (nSPS) is 13.8. The summed E-state index contributed by atoms with van der Waals surface area (Å²) in [6.45, 7) is 4.30. The molecule has 12 nitrogen and oxygen atoms in total. The number of hydrogen-bond acceptors (Lipinski definition) is 5. The van der Waals surface area contributed by atoms with Gasteiger partial charge in [0.1, 0.15) is 12.1 Å². The number of urea groups is 2. The Hall–Kier alpha value is -3.57. The number of hydrogen-bond donors (Lipinski definition) is 7. The quantitative estimate of drug-likeness (QED) is 0.198. The Morgan fingerprint density at radius 1 is 0.879 bits per heavy atom. The third kappa shape index (κ3) is 14.2. The maximum Gasteiger partial charge on any atom is 0.326 e. The minimum atomic E-state index is -1.46. The molecule has 0 aliphatic heterocycles. The first-order valence-corrected chi connectivity index (χ1v) is 10.8. The van der Waals surface area contributed by atoms with Gasteiger partial charge in [0.2, 0.25) is 0 Å². The van der Waals surface area contributed by atoms with Crippen molar-refractivity contribution in [2.75, 3.05) is 6.54 Å². The van der Waals surface area contributed by atoms with Crippen LogP contribution in [0.4, 0.5) is 9.59 Å². The Labute approximate surface area is 192 Å². The van der Waals surface area contributed by atoms with Gasteiger partial charge < -0.3 is 36.6 Å². The minimum Gasteiger partial charge on any atom is -0.481 e. The van der Waals surface area contributed by atoms with Gasteiger partial charge in [-0.2, -0.15) is 0 Å². The first-order valence-electron chi connectivity index (χ1n) is 10.8. The van der Waals surface area contributed by atoms with Crippen LogP contribution >= 0.6 is 0 Å². The van der Waals surface area contributed by atoms with Crippen molar-refractivity contribution in [3.8, 4) is 0 Å². The summed E-state index contributed by atoms with van der Waals surface area (Å²) < 4.78 is 0. The SMILES string of the molecule is CC.O=C(O)CCC(NC(=O)NC(CCCCNC(=O)NC1=CCCC=C1)C(=O)O)C(=O)O. The van der Waals surface area contributed by atoms with Gasteiger partial charge in [0.15, 0.2) is 0 Å². The lowest BCUT2D eigenvalue weighted by Crippen LogP contribution is -2.51. The third-order valence-corrected chi connectivity index (χ3v) is 4.31. The highest BCUT2D eigenvalue weighted by Gasteiger charge is 2.24. The standard InChI is InChI=1S/C19H28N4O8.C2H6/c24-15(25)10-9-14(17(28)29)23-19(31)22-13(16(26)27)8-4-5-11-20-18(30)21-12-6-2-1-3-7-12;1-2/h2,6-7,13-14H,1,3-5,8-11H2,(H,24,25)(H,26,27)(H,28,29)(H2,20,21,30)(H2,22,23,31);1-2H3. The van der Waals surface area contributed by atoms with Crippen LogP contribution in [0.1, 0.15) is 58.8 Å². The van der Waals surface area contributed by atoms with Crippen LogP contribution in [0.2, 0.25) is 0 Å². The molecule has 7 N–H and O–H groups in total. The Bertz CT molecular complexity index is 736. The molecule has 0 saturated carbocycles. The Morgan fingerprint density at radius 3 is 2.00 bits per heavy atom. The van der Waals surface area contributed by atoms with Crippen LogP contribution in [0.3, 0.4) is 0 Å². The number of nitrogens with one attached hydrogen (secondary N) is 4. The molecule has 0 heterocycles. The number of unbranched alkanes of at least 4 members (excludes halogenated alkanes) is 1. The second-order valence-corrected chi connectivity index (χ2v) is 6.85. The molecule has 4 amide bonds. The summed E-state index contributed by atoms with van der Waals surface area (Å²) in [6.07, 6.45) is 7.57. The first-order chi connectivity index (χ1) is 15.7. The van der Waals surface area contributed by atoms with Crippen molar-refractivity contribution in [2.24, 2.45) is 0 Å². The van der Waals surface area contributed by atoms with E-state index in [1.54, 1.807) is 0 Å². The topological polar surface area (TPSA) is 194 Å². The minimum absolute atomic E-state index is 0.0623. The average molecular weight is 471 g/mol. The van der Waals surface area contributed by atoms with E-state index in [-0.39, 0.29) is 18.9 Å². The first kappa shape index (κ1) is 29.4. The van der Waals surface area contributed by atoms with E-state index < -0.39 is 42.4 Å². The van der Waals surface area contributed by atoms with Gasteiger partial charge in [0, 0.05) is 18.7 Å². The van der Waals surface area contributed by atoms with E-state index in [4.69, 9.17) is 10.2 Å². The Kier molecular flexibility index (Phi) is 15.2. The van der Waals surface area contributed by atoms with Crippen molar-refractivity contribution in [2.45, 2.75) is 70.9 Å². The molecule has 0 aromatic heterocycles. The fourth-order valence-corrected chi connectivity index (χ4v) is 2.70. The molecule has 0 spiro atoms. The van der Waals surface area contributed by atoms with Crippen LogP contribution in [-0.2, 0) is 14.4 Å². The Balaban J connectivity index is 0.00000497. The van der Waals surface area contributed by atoms with E-state index in [1.807, 2.05) is 32.1 Å². The zero-order chi connectivity index (χ0) is 25.2. The summed E-state index contributed by atoms with van der Waals surface area (Å²) in [7, 11) is 0. The summed E-state index contributed by atoms with van der Waals surface area (Å²) in [4.78, 5) is 56.7. The Morgan fingerprint density at radius 2 is 1.48 bits per heavy atom. The lowest BCUT2D eigenvalue weighted by Gasteiger charge is -2.18. The molecule has 12 heteroatoms. The number of allylic oxidation sites excluding steroid dienone is 3. The molecule has 1 aliphatic carbocycles. The van der Waals surface area contributed by atoms with E-state index in [0.717, 1.165) is 12.8 Å². The van der Waals surface area contributed by atoms with Gasteiger partial charge in [-0.1, -0.05) is 26.0 Å². The smallest absolute Gasteiger partial charge is 0.326 e. The van der Waals surface area contributed by atoms with Crippen molar-refractivity contribution in [3.05, 3.63) is 23.9 Å². The number of carbonyl (C=O) groups excluding carboxylic acids is 2. The molecule has 0 bridgehead atoms. The molecule has 1 aliphatic rings. The number of carbonyl (C=O) groups is 5. The summed E-state index contributed by atoms with van der Waals surface area (Å²) in [5.41, 5.74) is 0.716. The summed E-state index contributed by atoms with van der Waals surface area (Å²) in [5, 5.41) is 36.5. The molecule has 0 aromatic rings. The van der Waals surface area contributed by atoms with E-state index >= 15 is 0 Å². The molecule has 0 radical (unpaired) electrons. The van der Waals surface area contributed by atoms with E-state index in [0.29, 0.717) is 25.1 Å². The van der Waals surface area contributed by atoms with Gasteiger partial charge in [-0.3, -0.25) is 4.79 Å². The van der Waals surface area contributed by atoms with Gasteiger partial charge >= 0.3 is 30.0 Å². The van der Waals surface area contributed by atoms with Gasteiger partial charge in [0.25, 0.3) is 0 Å². The van der Waals surface area contributed by atoms with Crippen molar-refractivity contribution in [1.82, 2.24) is 21.3 Å². The molecule has 0 fully saturated rings. The van der Waals surface area contributed by atoms with Crippen molar-refractivity contribution < 1.29 is 39.3 Å². The molecule has 2 unspecified atom stereocenters. The number of rotatable bonds is 13. The highest BCUT2D eigenvalue weighted by atomic mass is 16.4. The van der Waals surface area contributed by atoms with Crippen LogP contribution in [0.25, 0.3) is 0 Å². The highest BCUT2D eigenvalue weighted by Crippen LogP contribution is 2.06. The summed E-state index contributed by atoms with van der Waals surface area (Å²) in [6, 6.07) is -4.11. The molecule has 1 rings (SSSR count). The van der Waals surface area contributed by atoms with Gasteiger partial charge in [-0.15, -0.1) is 0 Å². The van der Waals surface area contributed by atoms with Crippen molar-refractivity contribution in [3.63, 3.8) is 0 Å². The average Bonchev–Trinajstić information content (AvgIpc) is 2.77. The third-order valence-electron chi connectivity index (χ3n) is 4.31. The maximum atomic E-state index is 11.9. The van der Waals surface area contributed by atoms with Crippen LogP contribution in [0.5, 0.6) is 0 Å². The summed E-state index contributed by atoms with van der Waals surface area (Å²) in [5.74, 6) is -3.94. The van der Waals surface area contributed by atoms with E-state index in [2.05, 4.69) is 21.3 Å². The van der Waals surface area contributed by atoms with E-state index in [1.165, 1.54) is 0 Å². The van der Waals surface area contributed by atoms with Crippen LogP contribution in [0, 0.1) is 0 Å². The van der Waals surface area contributed by atoms with Gasteiger partial charge in [-0.05, 0) is 44.6 Å². The van der Waals surface area contributed by atoms with Gasteiger partial charge in [0.05, 0.1) is 0 Å². The summed E-state index contributed by atoms with van der Waals surface area (Å²) >= 11 is 0. The monoisotopic (exact) mass is 470 g/mol. The fourth-order valence-electron chi connectivity index (χ4n) is 2.70. The highest BCUT2D eigenvalue weighted by molar-refractivity contribution is 5.86. The van der Waals surface area contributed by atoms with Crippen LogP contribution in [0.15, 0.2) is 23.9 Å². The molecule has 0 saturated heterocycles.